The summed E-state index contributed by atoms with van der Waals surface area (Å²) in [6.07, 6.45) is 7.15. The molecule has 1 heterocycles. The zero-order chi connectivity index (χ0) is 18.7. The zero-order valence-electron chi connectivity index (χ0n) is 15.2. The summed E-state index contributed by atoms with van der Waals surface area (Å²) in [6.45, 7) is 3.21. The molecule has 2 unspecified atom stereocenters. The Bertz CT molecular complexity index is 760. The first-order chi connectivity index (χ1) is 12.4. The van der Waals surface area contributed by atoms with E-state index in [1.165, 1.54) is 28.9 Å². The minimum Gasteiger partial charge on any atom is -0.349 e. The summed E-state index contributed by atoms with van der Waals surface area (Å²) < 4.78 is 27.2. The SMILES string of the molecule is CC1CCCCC1NC(=O)c1cc(S(=O)(=O)N2CCCCC2)ccc1Cl. The molecule has 7 heteroatoms. The second-order valence-electron chi connectivity index (χ2n) is 7.45. The van der Waals surface area contributed by atoms with Gasteiger partial charge in [0.1, 0.15) is 0 Å². The minimum atomic E-state index is -3.58. The highest BCUT2D eigenvalue weighted by molar-refractivity contribution is 7.89. The molecule has 0 spiro atoms. The van der Waals surface area contributed by atoms with E-state index in [1.807, 2.05) is 0 Å². The molecule has 1 saturated carbocycles. The zero-order valence-corrected chi connectivity index (χ0v) is 16.8. The molecule has 1 aromatic rings. The lowest BCUT2D eigenvalue weighted by Gasteiger charge is -2.29. The van der Waals surface area contributed by atoms with Crippen molar-refractivity contribution in [1.82, 2.24) is 9.62 Å². The topological polar surface area (TPSA) is 66.5 Å². The molecule has 2 atom stereocenters. The molecule has 1 amide bonds. The first-order valence-electron chi connectivity index (χ1n) is 9.50. The number of carbonyl (C=O) groups is 1. The van der Waals surface area contributed by atoms with Crippen LogP contribution in [0.3, 0.4) is 0 Å². The highest BCUT2D eigenvalue weighted by Gasteiger charge is 2.28. The summed E-state index contributed by atoms with van der Waals surface area (Å²) in [6, 6.07) is 4.55. The summed E-state index contributed by atoms with van der Waals surface area (Å²) in [5, 5.41) is 3.33. The van der Waals surface area contributed by atoms with Crippen LogP contribution in [-0.4, -0.2) is 37.8 Å². The van der Waals surface area contributed by atoms with Crippen LogP contribution in [0.2, 0.25) is 5.02 Å². The lowest BCUT2D eigenvalue weighted by atomic mass is 9.86. The van der Waals surface area contributed by atoms with Gasteiger partial charge in [-0.25, -0.2) is 8.42 Å². The number of nitrogens with one attached hydrogen (secondary N) is 1. The van der Waals surface area contributed by atoms with Crippen LogP contribution in [0.5, 0.6) is 0 Å². The van der Waals surface area contributed by atoms with E-state index in [-0.39, 0.29) is 27.4 Å². The summed E-state index contributed by atoms with van der Waals surface area (Å²) in [4.78, 5) is 12.9. The van der Waals surface area contributed by atoms with Gasteiger partial charge in [0.05, 0.1) is 15.5 Å². The second kappa shape index (κ2) is 8.28. The first kappa shape index (κ1) is 19.6. The number of benzene rings is 1. The van der Waals surface area contributed by atoms with Crippen molar-refractivity contribution in [1.29, 1.82) is 0 Å². The van der Waals surface area contributed by atoms with Crippen LogP contribution in [-0.2, 0) is 10.0 Å². The minimum absolute atomic E-state index is 0.120. The van der Waals surface area contributed by atoms with E-state index in [0.29, 0.717) is 19.0 Å². The number of hydrogen-bond acceptors (Lipinski definition) is 3. The van der Waals surface area contributed by atoms with Crippen molar-refractivity contribution in [2.24, 2.45) is 5.92 Å². The second-order valence-corrected chi connectivity index (χ2v) is 9.79. The normalized spacial score (nSPS) is 25.0. The van der Waals surface area contributed by atoms with Gasteiger partial charge in [0.2, 0.25) is 10.0 Å². The average molecular weight is 399 g/mol. The third kappa shape index (κ3) is 4.24. The maximum absolute atomic E-state index is 12.9. The number of nitrogens with zero attached hydrogens (tertiary/aromatic N) is 1. The molecule has 0 aromatic heterocycles. The molecule has 5 nitrogen and oxygen atoms in total. The molecule has 1 aromatic carbocycles. The fourth-order valence-electron chi connectivity index (χ4n) is 3.87. The number of hydrogen-bond donors (Lipinski definition) is 1. The Balaban J connectivity index is 1.81. The molecule has 144 valence electrons. The van der Waals surface area contributed by atoms with E-state index < -0.39 is 10.0 Å². The van der Waals surface area contributed by atoms with Crippen LogP contribution in [0.1, 0.15) is 62.2 Å². The molecule has 26 heavy (non-hydrogen) atoms. The van der Waals surface area contributed by atoms with Crippen molar-refractivity contribution < 1.29 is 13.2 Å². The molecule has 3 rings (SSSR count). The molecular weight excluding hydrogens is 372 g/mol. The summed E-state index contributed by atoms with van der Waals surface area (Å²) in [7, 11) is -3.58. The number of sulfonamides is 1. The Morgan fingerprint density at radius 1 is 1.12 bits per heavy atom. The van der Waals surface area contributed by atoms with Crippen LogP contribution in [0.4, 0.5) is 0 Å². The number of amides is 1. The van der Waals surface area contributed by atoms with Crippen molar-refractivity contribution in [3.63, 3.8) is 0 Å². The van der Waals surface area contributed by atoms with E-state index >= 15 is 0 Å². The Labute approximate surface area is 161 Å². The Hall–Kier alpha value is -1.11. The molecule has 1 N–H and O–H groups in total. The fourth-order valence-corrected chi connectivity index (χ4v) is 5.62. The van der Waals surface area contributed by atoms with Gasteiger partial charge in [-0.15, -0.1) is 0 Å². The number of carbonyl (C=O) groups excluding carboxylic acids is 1. The number of rotatable bonds is 4. The van der Waals surface area contributed by atoms with Crippen LogP contribution >= 0.6 is 11.6 Å². The van der Waals surface area contributed by atoms with Gasteiger partial charge in [-0.1, -0.05) is 37.8 Å². The maximum atomic E-state index is 12.9. The molecule has 0 radical (unpaired) electrons. The summed E-state index contributed by atoms with van der Waals surface area (Å²) >= 11 is 6.21. The number of halogens is 1. The van der Waals surface area contributed by atoms with Crippen molar-refractivity contribution in [2.75, 3.05) is 13.1 Å². The molecule has 2 fully saturated rings. The standard InChI is InChI=1S/C19H27ClN2O3S/c1-14-7-3-4-8-18(14)21-19(23)16-13-15(9-10-17(16)20)26(24,25)22-11-5-2-6-12-22/h9-10,13-14,18H,2-8,11-12H2,1H3,(H,21,23). The van der Waals surface area contributed by atoms with Crippen molar-refractivity contribution in [2.45, 2.75) is 62.8 Å². The predicted molar refractivity (Wildman–Crippen MR) is 103 cm³/mol. The van der Waals surface area contributed by atoms with E-state index in [4.69, 9.17) is 11.6 Å². The molecule has 1 aliphatic carbocycles. The number of piperidine rings is 1. The molecule has 1 saturated heterocycles. The quantitative estimate of drug-likeness (QED) is 0.838. The van der Waals surface area contributed by atoms with E-state index in [1.54, 1.807) is 0 Å². The summed E-state index contributed by atoms with van der Waals surface area (Å²) in [5.41, 5.74) is 0.238. The third-order valence-corrected chi connectivity index (χ3v) is 7.79. The Morgan fingerprint density at radius 3 is 2.50 bits per heavy atom. The predicted octanol–water partition coefficient (Wildman–Crippen LogP) is 3.82. The Morgan fingerprint density at radius 2 is 1.81 bits per heavy atom. The van der Waals surface area contributed by atoms with Gasteiger partial charge in [0.15, 0.2) is 0 Å². The highest BCUT2D eigenvalue weighted by atomic mass is 35.5. The first-order valence-corrected chi connectivity index (χ1v) is 11.3. The van der Waals surface area contributed by atoms with E-state index in [2.05, 4.69) is 12.2 Å². The van der Waals surface area contributed by atoms with Gasteiger partial charge in [-0.2, -0.15) is 4.31 Å². The van der Waals surface area contributed by atoms with Crippen LogP contribution in [0.15, 0.2) is 23.1 Å². The summed E-state index contributed by atoms with van der Waals surface area (Å²) in [5.74, 6) is 0.135. The van der Waals surface area contributed by atoms with Gasteiger partial charge >= 0.3 is 0 Å². The van der Waals surface area contributed by atoms with E-state index in [9.17, 15) is 13.2 Å². The lowest BCUT2D eigenvalue weighted by molar-refractivity contribution is 0.0910. The lowest BCUT2D eigenvalue weighted by Crippen LogP contribution is -2.41. The van der Waals surface area contributed by atoms with Gasteiger partial charge in [0, 0.05) is 19.1 Å². The molecule has 2 aliphatic rings. The average Bonchev–Trinajstić information content (AvgIpc) is 2.64. The van der Waals surface area contributed by atoms with Crippen LogP contribution in [0, 0.1) is 5.92 Å². The van der Waals surface area contributed by atoms with Gasteiger partial charge < -0.3 is 5.32 Å². The Kier molecular flexibility index (Phi) is 6.25. The highest BCUT2D eigenvalue weighted by Crippen LogP contribution is 2.27. The van der Waals surface area contributed by atoms with Gasteiger partial charge in [-0.05, 0) is 49.8 Å². The fraction of sp³-hybridized carbons (Fsp3) is 0.632. The molecule has 0 bridgehead atoms. The molecular formula is C19H27ClN2O3S. The van der Waals surface area contributed by atoms with E-state index in [0.717, 1.165) is 38.5 Å². The maximum Gasteiger partial charge on any atom is 0.253 e. The van der Waals surface area contributed by atoms with Crippen molar-refractivity contribution in [3.8, 4) is 0 Å². The third-order valence-electron chi connectivity index (χ3n) is 5.56. The van der Waals surface area contributed by atoms with Gasteiger partial charge in [-0.3, -0.25) is 4.79 Å². The van der Waals surface area contributed by atoms with Crippen LogP contribution in [0.25, 0.3) is 0 Å². The largest absolute Gasteiger partial charge is 0.349 e. The van der Waals surface area contributed by atoms with Gasteiger partial charge in [0.25, 0.3) is 5.91 Å². The van der Waals surface area contributed by atoms with Crippen molar-refractivity contribution >= 4 is 27.5 Å². The smallest absolute Gasteiger partial charge is 0.253 e. The monoisotopic (exact) mass is 398 g/mol. The molecule has 1 aliphatic heterocycles. The van der Waals surface area contributed by atoms with Crippen LogP contribution < -0.4 is 5.32 Å². The van der Waals surface area contributed by atoms with Crippen molar-refractivity contribution in [3.05, 3.63) is 28.8 Å².